The highest BCUT2D eigenvalue weighted by Crippen LogP contribution is 2.24. The molecule has 24 heteroatoms. The lowest BCUT2D eigenvalue weighted by atomic mass is 9.86. The molecule has 1 aliphatic heterocycles. The topological polar surface area (TPSA) is 293 Å². The van der Waals surface area contributed by atoms with E-state index in [1.54, 1.807) is 90.3 Å². The standard InChI is InChI=1S/C61H94N4O20/c1-46(2)51(58(70)64-52(8-7-19-63-60(62)72)54(66)43-48-9-11-49(12-10-48)45-85-59(71)61(3,4)5)44-55(67)53(65-56(68)17-18-57(65)69)42-47-13-15-50(16-14-47)84-41-40-83-39-38-82-37-36-81-35-34-80-33-32-79-31-30-78-29-28-77-27-26-76-25-24-75-23-22-74-21-20-73-6/h9-18,46,51-53H,7-8,19-45H2,1-6H3,(H,64,70)(H3,62,63,72)/t51-,52-,53?/m0/s1. The summed E-state index contributed by atoms with van der Waals surface area (Å²) in [6.45, 7) is 18.9. The lowest BCUT2D eigenvalue weighted by molar-refractivity contribution is -0.154. The van der Waals surface area contributed by atoms with Crippen LogP contribution in [-0.4, -0.2) is 217 Å². The normalized spacial score (nSPS) is 13.5. The van der Waals surface area contributed by atoms with Gasteiger partial charge >= 0.3 is 12.0 Å². The van der Waals surface area contributed by atoms with E-state index in [1.165, 1.54) is 0 Å². The van der Waals surface area contributed by atoms with Gasteiger partial charge in [0.25, 0.3) is 11.8 Å². The maximum atomic E-state index is 14.3. The Hall–Kier alpha value is -5.77. The Morgan fingerprint density at radius 1 is 0.553 bits per heavy atom. The summed E-state index contributed by atoms with van der Waals surface area (Å²) in [4.78, 5) is 92.8. The number of carbonyl (C=O) groups is 7. The SMILES string of the molecule is COCCOCCOCCOCCOCCOCCOCCOCCOCCOCCOCCOc1ccc(CC(C(=O)C[C@H](C(=O)N[C@@H](CCCNC(N)=O)C(=O)Cc2ccc(COC(=O)C(C)(C)C)cc2)C(C)C)N2C(=O)C=CC2=O)cc1. The van der Waals surface area contributed by atoms with Crippen LogP contribution < -0.4 is 21.1 Å². The molecule has 0 aliphatic carbocycles. The fourth-order valence-electron chi connectivity index (χ4n) is 7.99. The van der Waals surface area contributed by atoms with Crippen LogP contribution in [0.25, 0.3) is 0 Å². The van der Waals surface area contributed by atoms with Crippen LogP contribution >= 0.6 is 0 Å². The highest BCUT2D eigenvalue weighted by Gasteiger charge is 2.39. The van der Waals surface area contributed by atoms with Gasteiger partial charge < -0.3 is 77.9 Å². The number of nitrogens with one attached hydrogen (secondary N) is 2. The van der Waals surface area contributed by atoms with Crippen LogP contribution in [-0.2, 0) is 105 Å². The number of hydrogen-bond acceptors (Lipinski definition) is 20. The average molecular weight is 1200 g/mol. The molecule has 0 bridgehead atoms. The number of Topliss-reactive ketones (excluding diaryl/α,β-unsaturated/α-hetero) is 2. The zero-order valence-corrected chi connectivity index (χ0v) is 50.8. The maximum absolute atomic E-state index is 14.3. The monoisotopic (exact) mass is 1200 g/mol. The van der Waals surface area contributed by atoms with Gasteiger partial charge in [-0.25, -0.2) is 4.79 Å². The zero-order valence-electron chi connectivity index (χ0n) is 50.8. The number of benzene rings is 2. The number of methoxy groups -OCH3 is 1. The summed E-state index contributed by atoms with van der Waals surface area (Å²) in [5.74, 6) is -3.80. The Kier molecular flexibility index (Phi) is 38.6. The number of nitrogens with zero attached hydrogens (tertiary/aromatic N) is 1. The molecule has 2 aromatic rings. The quantitative estimate of drug-likeness (QED) is 0.0482. The van der Waals surface area contributed by atoms with E-state index in [1.807, 2.05) is 0 Å². The van der Waals surface area contributed by atoms with Crippen molar-refractivity contribution >= 4 is 41.3 Å². The number of nitrogens with two attached hydrogens (primary N) is 1. The van der Waals surface area contributed by atoms with Crippen LogP contribution in [0.2, 0.25) is 0 Å². The van der Waals surface area contributed by atoms with Crippen molar-refractivity contribution in [2.75, 3.05) is 159 Å². The van der Waals surface area contributed by atoms with Crippen molar-refractivity contribution in [2.24, 2.45) is 23.0 Å². The fraction of sp³-hybridized carbons (Fsp3) is 0.656. The molecule has 3 rings (SSSR count). The van der Waals surface area contributed by atoms with E-state index in [2.05, 4.69) is 10.6 Å². The van der Waals surface area contributed by atoms with Crippen LogP contribution in [0, 0.1) is 17.3 Å². The van der Waals surface area contributed by atoms with Gasteiger partial charge in [-0.05, 0) is 68.4 Å². The van der Waals surface area contributed by atoms with Crippen LogP contribution in [0.4, 0.5) is 4.79 Å². The first kappa shape index (κ1) is 73.5. The average Bonchev–Trinajstić information content (AvgIpc) is 4.09. The van der Waals surface area contributed by atoms with Gasteiger partial charge in [-0.3, -0.25) is 33.7 Å². The predicted molar refractivity (Wildman–Crippen MR) is 312 cm³/mol. The maximum Gasteiger partial charge on any atom is 0.312 e. The highest BCUT2D eigenvalue weighted by atomic mass is 16.6. The number of carbonyl (C=O) groups excluding carboxylic acids is 7. The zero-order chi connectivity index (χ0) is 61.9. The molecule has 1 aliphatic rings. The van der Waals surface area contributed by atoms with Crippen molar-refractivity contribution in [3.05, 3.63) is 77.4 Å². The summed E-state index contributed by atoms with van der Waals surface area (Å²) < 4.78 is 71.1. The van der Waals surface area contributed by atoms with Crippen LogP contribution in [0.3, 0.4) is 0 Å². The number of esters is 1. The molecule has 1 unspecified atom stereocenters. The summed E-state index contributed by atoms with van der Waals surface area (Å²) in [6, 6.07) is 11.0. The lowest BCUT2D eigenvalue weighted by Gasteiger charge is -2.29. The fourth-order valence-corrected chi connectivity index (χ4v) is 7.99. The second kappa shape index (κ2) is 44.6. The van der Waals surface area contributed by atoms with Crippen LogP contribution in [0.15, 0.2) is 60.7 Å². The Morgan fingerprint density at radius 3 is 1.38 bits per heavy atom. The van der Waals surface area contributed by atoms with E-state index in [9.17, 15) is 33.6 Å². The molecule has 85 heavy (non-hydrogen) atoms. The molecule has 4 N–H and O–H groups in total. The first-order valence-corrected chi connectivity index (χ1v) is 29.2. The smallest absolute Gasteiger partial charge is 0.312 e. The van der Waals surface area contributed by atoms with Gasteiger partial charge in [-0.15, -0.1) is 0 Å². The van der Waals surface area contributed by atoms with Crippen molar-refractivity contribution in [1.82, 2.24) is 15.5 Å². The number of hydrogen-bond donors (Lipinski definition) is 3. The van der Waals surface area contributed by atoms with E-state index < -0.39 is 58.9 Å². The number of ketones is 2. The first-order chi connectivity index (χ1) is 41.0. The molecule has 0 saturated carbocycles. The number of rotatable bonds is 52. The summed E-state index contributed by atoms with van der Waals surface area (Å²) in [5.41, 5.74) is 6.62. The molecule has 2 aromatic carbocycles. The molecule has 1 heterocycles. The minimum atomic E-state index is -1.23. The number of primary amides is 1. The summed E-state index contributed by atoms with van der Waals surface area (Å²) >= 11 is 0. The van der Waals surface area contributed by atoms with Gasteiger partial charge in [0.1, 0.15) is 25.0 Å². The molecule has 24 nitrogen and oxygen atoms in total. The van der Waals surface area contributed by atoms with E-state index in [-0.39, 0.29) is 57.2 Å². The summed E-state index contributed by atoms with van der Waals surface area (Å²) in [7, 11) is 1.63. The van der Waals surface area contributed by atoms with Gasteiger partial charge in [-0.1, -0.05) is 50.2 Å². The third-order valence-corrected chi connectivity index (χ3v) is 12.8. The Labute approximate surface area is 500 Å². The van der Waals surface area contributed by atoms with Crippen molar-refractivity contribution in [3.63, 3.8) is 0 Å². The third-order valence-electron chi connectivity index (χ3n) is 12.8. The van der Waals surface area contributed by atoms with E-state index in [4.69, 9.17) is 67.3 Å². The third kappa shape index (κ3) is 33.7. The number of amides is 5. The number of imide groups is 1. The Balaban J connectivity index is 1.30. The Morgan fingerprint density at radius 2 is 0.965 bits per heavy atom. The minimum absolute atomic E-state index is 0.0195. The molecular weight excluding hydrogens is 1110 g/mol. The predicted octanol–water partition coefficient (Wildman–Crippen LogP) is 3.78. The van der Waals surface area contributed by atoms with Crippen molar-refractivity contribution < 1.29 is 95.1 Å². The number of ether oxygens (including phenoxy) is 13. The van der Waals surface area contributed by atoms with Crippen LogP contribution in [0.1, 0.15) is 70.6 Å². The summed E-state index contributed by atoms with van der Waals surface area (Å²) in [5, 5.41) is 5.36. The molecule has 0 aromatic heterocycles. The molecule has 0 saturated heterocycles. The minimum Gasteiger partial charge on any atom is -0.491 e. The molecule has 5 amide bonds. The molecular formula is C61H94N4O20. The molecule has 0 spiro atoms. The van der Waals surface area contributed by atoms with Gasteiger partial charge in [-0.2, -0.15) is 0 Å². The number of urea groups is 1. The van der Waals surface area contributed by atoms with Gasteiger partial charge in [0.15, 0.2) is 11.6 Å². The molecule has 0 radical (unpaired) electrons. The second-order valence-electron chi connectivity index (χ2n) is 21.0. The van der Waals surface area contributed by atoms with Crippen LogP contribution in [0.5, 0.6) is 5.75 Å². The van der Waals surface area contributed by atoms with Gasteiger partial charge in [0.05, 0.1) is 150 Å². The van der Waals surface area contributed by atoms with Gasteiger partial charge in [0, 0.05) is 51.0 Å². The van der Waals surface area contributed by atoms with Gasteiger partial charge in [0.2, 0.25) is 5.91 Å². The van der Waals surface area contributed by atoms with Crippen molar-refractivity contribution in [1.29, 1.82) is 0 Å². The first-order valence-electron chi connectivity index (χ1n) is 29.2. The highest BCUT2D eigenvalue weighted by molar-refractivity contribution is 6.15. The second-order valence-corrected chi connectivity index (χ2v) is 21.0. The molecule has 478 valence electrons. The Bertz CT molecular complexity index is 2220. The van der Waals surface area contributed by atoms with E-state index in [0.29, 0.717) is 162 Å². The lowest BCUT2D eigenvalue weighted by Crippen LogP contribution is -2.49. The molecule has 3 atom stereocenters. The van der Waals surface area contributed by atoms with Crippen molar-refractivity contribution in [2.45, 2.75) is 85.4 Å². The largest absolute Gasteiger partial charge is 0.491 e. The van der Waals surface area contributed by atoms with E-state index in [0.717, 1.165) is 22.6 Å². The van der Waals surface area contributed by atoms with Crippen molar-refractivity contribution in [3.8, 4) is 5.75 Å². The molecule has 0 fully saturated rings. The van der Waals surface area contributed by atoms with E-state index >= 15 is 0 Å². The summed E-state index contributed by atoms with van der Waals surface area (Å²) in [6.07, 6.45) is 2.29.